The number of piperidine rings is 1. The zero-order chi connectivity index (χ0) is 12.3. The molecule has 1 aliphatic rings. The van der Waals surface area contributed by atoms with Crippen LogP contribution in [0.5, 0.6) is 5.75 Å². The molecule has 0 atom stereocenters. The maximum atomic E-state index is 11.2. The van der Waals surface area contributed by atoms with Crippen molar-refractivity contribution < 1.29 is 9.90 Å². The number of likely N-dealkylation sites (tertiary alicyclic amines) is 1. The van der Waals surface area contributed by atoms with Gasteiger partial charge in [0.1, 0.15) is 5.75 Å². The number of thioether (sulfide) groups is 1. The van der Waals surface area contributed by atoms with Crippen molar-refractivity contribution in [3.8, 4) is 5.75 Å². The summed E-state index contributed by atoms with van der Waals surface area (Å²) in [4.78, 5) is 14.2. The highest BCUT2D eigenvalue weighted by Gasteiger charge is 2.21. The largest absolute Gasteiger partial charge is 0.508 e. The topological polar surface area (TPSA) is 40.5 Å². The summed E-state index contributed by atoms with van der Waals surface area (Å²) in [7, 11) is 0. The van der Waals surface area contributed by atoms with Gasteiger partial charge in [-0.25, -0.2) is 0 Å². The number of phenols is 1. The third-order valence-corrected chi connectivity index (χ3v) is 4.34. The number of carbonyl (C=O) groups excluding carboxylic acids is 1. The van der Waals surface area contributed by atoms with E-state index in [0.717, 1.165) is 30.8 Å². The fourth-order valence-corrected chi connectivity index (χ4v) is 3.22. The molecule has 4 heteroatoms. The number of carbonyl (C=O) groups is 1. The zero-order valence-corrected chi connectivity index (χ0v) is 10.7. The highest BCUT2D eigenvalue weighted by molar-refractivity contribution is 8.00. The molecule has 92 valence electrons. The minimum absolute atomic E-state index is 0.172. The molecule has 3 nitrogen and oxygen atoms in total. The Bertz CT molecular complexity index is 400. The molecule has 1 aliphatic heterocycles. The zero-order valence-electron chi connectivity index (χ0n) is 9.93. The molecule has 1 N–H and O–H groups in total. The van der Waals surface area contributed by atoms with Crippen molar-refractivity contribution in [2.75, 3.05) is 13.1 Å². The van der Waals surface area contributed by atoms with Crippen LogP contribution in [0.25, 0.3) is 0 Å². The fourth-order valence-electron chi connectivity index (χ4n) is 2.04. The van der Waals surface area contributed by atoms with E-state index in [1.54, 1.807) is 30.8 Å². The molecule has 0 radical (unpaired) electrons. The quantitative estimate of drug-likeness (QED) is 0.878. The summed E-state index contributed by atoms with van der Waals surface area (Å²) in [5, 5.41) is 9.94. The lowest BCUT2D eigenvalue weighted by Gasteiger charge is -2.30. The van der Waals surface area contributed by atoms with E-state index in [-0.39, 0.29) is 5.91 Å². The van der Waals surface area contributed by atoms with Gasteiger partial charge in [-0.1, -0.05) is 6.07 Å². The molecule has 0 spiro atoms. The Kier molecular flexibility index (Phi) is 3.94. The Morgan fingerprint density at radius 3 is 2.71 bits per heavy atom. The van der Waals surface area contributed by atoms with E-state index in [9.17, 15) is 9.90 Å². The minimum Gasteiger partial charge on any atom is -0.508 e. The molecule has 1 aromatic carbocycles. The van der Waals surface area contributed by atoms with E-state index >= 15 is 0 Å². The summed E-state index contributed by atoms with van der Waals surface area (Å²) in [6.07, 6.45) is 2.06. The maximum Gasteiger partial charge on any atom is 0.219 e. The Hall–Kier alpha value is -1.16. The van der Waals surface area contributed by atoms with Crippen LogP contribution in [-0.4, -0.2) is 34.3 Å². The van der Waals surface area contributed by atoms with Gasteiger partial charge in [-0.15, -0.1) is 11.8 Å². The lowest BCUT2D eigenvalue weighted by atomic mass is 10.1. The van der Waals surface area contributed by atoms with E-state index in [4.69, 9.17) is 0 Å². The van der Waals surface area contributed by atoms with Gasteiger partial charge in [0.2, 0.25) is 5.91 Å². The molecular formula is C13H17NO2S. The van der Waals surface area contributed by atoms with Crippen molar-refractivity contribution in [1.82, 2.24) is 4.90 Å². The van der Waals surface area contributed by atoms with E-state index < -0.39 is 0 Å². The van der Waals surface area contributed by atoms with E-state index in [2.05, 4.69) is 0 Å². The lowest BCUT2D eigenvalue weighted by Crippen LogP contribution is -2.37. The van der Waals surface area contributed by atoms with Gasteiger partial charge in [0.05, 0.1) is 0 Å². The molecule has 1 heterocycles. The molecule has 1 saturated heterocycles. The molecule has 1 amide bonds. The third kappa shape index (κ3) is 3.40. The Balaban J connectivity index is 1.88. The fraction of sp³-hybridized carbons (Fsp3) is 0.462. The number of benzene rings is 1. The van der Waals surface area contributed by atoms with Gasteiger partial charge >= 0.3 is 0 Å². The molecule has 0 unspecified atom stereocenters. The van der Waals surface area contributed by atoms with Crippen molar-refractivity contribution in [2.45, 2.75) is 29.9 Å². The first-order valence-corrected chi connectivity index (χ1v) is 6.74. The van der Waals surface area contributed by atoms with Crippen molar-refractivity contribution in [3.63, 3.8) is 0 Å². The number of nitrogens with zero attached hydrogens (tertiary/aromatic N) is 1. The average Bonchev–Trinajstić information content (AvgIpc) is 2.29. The molecule has 1 fully saturated rings. The number of hydrogen-bond donors (Lipinski definition) is 1. The Morgan fingerprint density at radius 1 is 1.41 bits per heavy atom. The number of phenolic OH excluding ortho intramolecular Hbond substituents is 1. The standard InChI is InChI=1S/C13H17NO2S/c1-10(15)14-7-5-12(6-8-14)17-13-4-2-3-11(16)9-13/h2-4,9,12,16H,5-8H2,1H3. The van der Waals surface area contributed by atoms with Gasteiger partial charge in [-0.2, -0.15) is 0 Å². The lowest BCUT2D eigenvalue weighted by molar-refractivity contribution is -0.129. The Morgan fingerprint density at radius 2 is 2.12 bits per heavy atom. The molecule has 0 aromatic heterocycles. The number of amides is 1. The van der Waals surface area contributed by atoms with Crippen LogP contribution in [0.2, 0.25) is 0 Å². The summed E-state index contributed by atoms with van der Waals surface area (Å²) in [5.74, 6) is 0.488. The van der Waals surface area contributed by atoms with E-state index in [1.165, 1.54) is 0 Å². The summed E-state index contributed by atoms with van der Waals surface area (Å²) < 4.78 is 0. The van der Waals surface area contributed by atoms with E-state index in [0.29, 0.717) is 11.0 Å². The van der Waals surface area contributed by atoms with Crippen molar-refractivity contribution in [1.29, 1.82) is 0 Å². The van der Waals surface area contributed by atoms with Crippen LogP contribution in [0, 0.1) is 0 Å². The second-order valence-electron chi connectivity index (χ2n) is 4.32. The van der Waals surface area contributed by atoms with Crippen molar-refractivity contribution in [3.05, 3.63) is 24.3 Å². The molecule has 0 aliphatic carbocycles. The number of aromatic hydroxyl groups is 1. The SMILES string of the molecule is CC(=O)N1CCC(Sc2cccc(O)c2)CC1. The van der Waals surface area contributed by atoms with Gasteiger partial charge in [0.25, 0.3) is 0 Å². The molecule has 0 bridgehead atoms. The predicted octanol–water partition coefficient (Wildman–Crippen LogP) is 2.50. The third-order valence-electron chi connectivity index (χ3n) is 3.01. The Labute approximate surface area is 106 Å². The van der Waals surface area contributed by atoms with Crippen LogP contribution in [0.15, 0.2) is 29.2 Å². The van der Waals surface area contributed by atoms with Crippen LogP contribution in [0.1, 0.15) is 19.8 Å². The number of rotatable bonds is 2. The summed E-state index contributed by atoms with van der Waals surface area (Å²) in [6, 6.07) is 7.36. The molecule has 1 aromatic rings. The highest BCUT2D eigenvalue weighted by Crippen LogP contribution is 2.31. The van der Waals surface area contributed by atoms with Crippen LogP contribution < -0.4 is 0 Å². The predicted molar refractivity (Wildman–Crippen MR) is 69.2 cm³/mol. The average molecular weight is 251 g/mol. The monoisotopic (exact) mass is 251 g/mol. The summed E-state index contributed by atoms with van der Waals surface area (Å²) >= 11 is 1.79. The molecule has 17 heavy (non-hydrogen) atoms. The van der Waals surface area contributed by atoms with Gasteiger partial charge in [-0.05, 0) is 31.0 Å². The van der Waals surface area contributed by atoms with Crippen LogP contribution in [0.4, 0.5) is 0 Å². The number of hydrogen-bond acceptors (Lipinski definition) is 3. The smallest absolute Gasteiger partial charge is 0.219 e. The van der Waals surface area contributed by atoms with Gasteiger partial charge in [0.15, 0.2) is 0 Å². The molecule has 2 rings (SSSR count). The molecular weight excluding hydrogens is 234 g/mol. The molecule has 0 saturated carbocycles. The first-order valence-electron chi connectivity index (χ1n) is 5.86. The minimum atomic E-state index is 0.172. The van der Waals surface area contributed by atoms with Crippen LogP contribution >= 0.6 is 11.8 Å². The van der Waals surface area contributed by atoms with Gasteiger partial charge < -0.3 is 10.0 Å². The van der Waals surface area contributed by atoms with Crippen molar-refractivity contribution in [2.24, 2.45) is 0 Å². The van der Waals surface area contributed by atoms with Gasteiger partial charge in [0, 0.05) is 30.2 Å². The van der Waals surface area contributed by atoms with E-state index in [1.807, 2.05) is 17.0 Å². The first kappa shape index (κ1) is 12.3. The maximum absolute atomic E-state index is 11.2. The van der Waals surface area contributed by atoms with Crippen LogP contribution in [0.3, 0.4) is 0 Å². The second kappa shape index (κ2) is 5.45. The highest BCUT2D eigenvalue weighted by atomic mass is 32.2. The van der Waals surface area contributed by atoms with Crippen molar-refractivity contribution >= 4 is 17.7 Å². The summed E-state index contributed by atoms with van der Waals surface area (Å²) in [5.41, 5.74) is 0. The normalized spacial score (nSPS) is 17.1. The summed E-state index contributed by atoms with van der Waals surface area (Å²) in [6.45, 7) is 3.33. The van der Waals surface area contributed by atoms with Gasteiger partial charge in [-0.3, -0.25) is 4.79 Å². The van der Waals surface area contributed by atoms with Crippen LogP contribution in [-0.2, 0) is 4.79 Å². The second-order valence-corrected chi connectivity index (χ2v) is 5.69. The first-order chi connectivity index (χ1) is 8.15.